The van der Waals surface area contributed by atoms with Crippen molar-refractivity contribution in [3.8, 4) is 0 Å². The lowest BCUT2D eigenvalue weighted by Gasteiger charge is -2.13. The molecule has 1 aromatic heterocycles. The first kappa shape index (κ1) is 10.5. The first-order chi connectivity index (χ1) is 7.72. The third-order valence-corrected chi connectivity index (χ3v) is 2.49. The van der Waals surface area contributed by atoms with Gasteiger partial charge < -0.3 is 4.74 Å². The van der Waals surface area contributed by atoms with Crippen LogP contribution in [0.5, 0.6) is 0 Å². The van der Waals surface area contributed by atoms with Crippen molar-refractivity contribution in [1.82, 2.24) is 10.2 Å². The molecule has 0 bridgehead atoms. The van der Waals surface area contributed by atoms with E-state index in [1.165, 1.54) is 18.2 Å². The summed E-state index contributed by atoms with van der Waals surface area (Å²) in [5.74, 6) is -0.422. The Hall–Kier alpha value is -1.98. The molecule has 1 atom stereocenters. The van der Waals surface area contributed by atoms with E-state index in [0.717, 1.165) is 0 Å². The Kier molecular flexibility index (Phi) is 2.80. The summed E-state index contributed by atoms with van der Waals surface area (Å²) in [5.41, 5.74) is 0. The lowest BCUT2D eigenvalue weighted by molar-refractivity contribution is -0.145. The van der Waals surface area contributed by atoms with Crippen molar-refractivity contribution in [1.29, 1.82) is 0 Å². The van der Waals surface area contributed by atoms with E-state index >= 15 is 0 Å². The van der Waals surface area contributed by atoms with Gasteiger partial charge in [0.1, 0.15) is 0 Å². The van der Waals surface area contributed by atoms with Crippen LogP contribution in [0.25, 0.3) is 0 Å². The Balaban J connectivity index is 2.14. The van der Waals surface area contributed by atoms with Crippen LogP contribution in [0.15, 0.2) is 18.3 Å². The maximum absolute atomic E-state index is 11.7. The van der Waals surface area contributed by atoms with Crippen LogP contribution in [0.2, 0.25) is 0 Å². The quantitative estimate of drug-likeness (QED) is 0.657. The molecule has 1 aromatic rings. The molecule has 0 N–H and O–H groups in total. The van der Waals surface area contributed by atoms with Gasteiger partial charge in [-0.1, -0.05) is 0 Å². The highest BCUT2D eigenvalue weighted by atomic mass is 16.5. The topological polar surface area (TPSA) is 72.4 Å². The fourth-order valence-electron chi connectivity index (χ4n) is 1.69. The van der Waals surface area contributed by atoms with Crippen molar-refractivity contribution in [2.45, 2.75) is 6.42 Å². The van der Waals surface area contributed by atoms with Crippen LogP contribution in [0.4, 0.5) is 5.82 Å². The standard InChI is InChI=1S/C10H11N3O3/c1-16-10(15)7-5-9(14)13(6-7)8-3-2-4-11-12-8/h2-4,7H,5-6H2,1H3. The van der Waals surface area contributed by atoms with E-state index in [9.17, 15) is 9.59 Å². The van der Waals surface area contributed by atoms with Gasteiger partial charge in [-0.25, -0.2) is 0 Å². The predicted octanol–water partition coefficient (Wildman–Crippen LogP) is 0.00250. The molecule has 1 fully saturated rings. The van der Waals surface area contributed by atoms with E-state index in [2.05, 4.69) is 14.9 Å². The summed E-state index contributed by atoms with van der Waals surface area (Å²) in [7, 11) is 1.32. The molecule has 0 aromatic carbocycles. The molecule has 0 aliphatic carbocycles. The molecule has 1 aliphatic rings. The number of methoxy groups -OCH3 is 1. The third-order valence-electron chi connectivity index (χ3n) is 2.49. The number of anilines is 1. The molecule has 84 valence electrons. The summed E-state index contributed by atoms with van der Waals surface area (Å²) in [6.07, 6.45) is 1.70. The van der Waals surface area contributed by atoms with Crippen molar-refractivity contribution in [2.75, 3.05) is 18.6 Å². The molecule has 1 saturated heterocycles. The van der Waals surface area contributed by atoms with Crippen molar-refractivity contribution >= 4 is 17.7 Å². The molecule has 0 saturated carbocycles. The second kappa shape index (κ2) is 4.26. The summed E-state index contributed by atoms with van der Waals surface area (Å²) in [6, 6.07) is 3.38. The molecule has 2 heterocycles. The van der Waals surface area contributed by atoms with Gasteiger partial charge in [-0.3, -0.25) is 14.5 Å². The summed E-state index contributed by atoms with van der Waals surface area (Å²) >= 11 is 0. The Morgan fingerprint density at radius 2 is 2.44 bits per heavy atom. The molecule has 1 aliphatic heterocycles. The summed E-state index contributed by atoms with van der Waals surface area (Å²) in [4.78, 5) is 24.4. The van der Waals surface area contributed by atoms with Gasteiger partial charge in [0.25, 0.3) is 0 Å². The van der Waals surface area contributed by atoms with Gasteiger partial charge in [-0.05, 0) is 12.1 Å². The number of nitrogens with zero attached hydrogens (tertiary/aromatic N) is 3. The van der Waals surface area contributed by atoms with E-state index in [1.807, 2.05) is 0 Å². The highest BCUT2D eigenvalue weighted by Crippen LogP contribution is 2.23. The van der Waals surface area contributed by atoms with Gasteiger partial charge in [-0.2, -0.15) is 5.10 Å². The second-order valence-electron chi connectivity index (χ2n) is 3.51. The number of rotatable bonds is 2. The molecule has 1 unspecified atom stereocenters. The van der Waals surface area contributed by atoms with E-state index in [0.29, 0.717) is 12.4 Å². The lowest BCUT2D eigenvalue weighted by atomic mass is 10.1. The maximum Gasteiger partial charge on any atom is 0.311 e. The van der Waals surface area contributed by atoms with E-state index < -0.39 is 5.92 Å². The number of carbonyl (C=O) groups is 2. The minimum atomic E-state index is -0.403. The summed E-state index contributed by atoms with van der Waals surface area (Å²) in [5, 5.41) is 7.53. The zero-order valence-corrected chi connectivity index (χ0v) is 8.79. The highest BCUT2D eigenvalue weighted by Gasteiger charge is 2.36. The molecule has 6 nitrogen and oxygen atoms in total. The van der Waals surface area contributed by atoms with Crippen LogP contribution in [-0.4, -0.2) is 35.7 Å². The van der Waals surface area contributed by atoms with Gasteiger partial charge in [0, 0.05) is 19.2 Å². The van der Waals surface area contributed by atoms with E-state index in [-0.39, 0.29) is 18.3 Å². The van der Waals surface area contributed by atoms with E-state index in [1.54, 1.807) is 12.1 Å². The molecule has 2 rings (SSSR count). The van der Waals surface area contributed by atoms with Crippen molar-refractivity contribution < 1.29 is 14.3 Å². The van der Waals surface area contributed by atoms with Crippen molar-refractivity contribution in [3.63, 3.8) is 0 Å². The first-order valence-electron chi connectivity index (χ1n) is 4.88. The van der Waals surface area contributed by atoms with Gasteiger partial charge >= 0.3 is 5.97 Å². The molecular formula is C10H11N3O3. The van der Waals surface area contributed by atoms with Gasteiger partial charge in [-0.15, -0.1) is 5.10 Å². The Bertz CT molecular complexity index is 407. The molecule has 16 heavy (non-hydrogen) atoms. The van der Waals surface area contributed by atoms with Gasteiger partial charge in [0.05, 0.1) is 13.0 Å². The van der Waals surface area contributed by atoms with Crippen molar-refractivity contribution in [3.05, 3.63) is 18.3 Å². The Labute approximate surface area is 92.2 Å². The number of amides is 1. The Morgan fingerprint density at radius 1 is 1.62 bits per heavy atom. The van der Waals surface area contributed by atoms with Crippen LogP contribution in [0, 0.1) is 5.92 Å². The zero-order valence-electron chi connectivity index (χ0n) is 8.79. The number of carbonyl (C=O) groups excluding carboxylic acids is 2. The minimum absolute atomic E-state index is 0.129. The van der Waals surface area contributed by atoms with Gasteiger partial charge in [0.15, 0.2) is 5.82 Å². The fraction of sp³-hybridized carbons (Fsp3) is 0.400. The number of ether oxygens (including phenoxy) is 1. The average molecular weight is 221 g/mol. The SMILES string of the molecule is COC(=O)C1CC(=O)N(c2cccnn2)C1. The number of aromatic nitrogens is 2. The average Bonchev–Trinajstić information content (AvgIpc) is 2.71. The lowest BCUT2D eigenvalue weighted by Crippen LogP contribution is -2.27. The first-order valence-corrected chi connectivity index (χ1v) is 4.88. The normalized spacial score (nSPS) is 19.9. The fourth-order valence-corrected chi connectivity index (χ4v) is 1.69. The summed E-state index contributed by atoms with van der Waals surface area (Å²) in [6.45, 7) is 0.310. The molecule has 1 amide bonds. The minimum Gasteiger partial charge on any atom is -0.469 e. The highest BCUT2D eigenvalue weighted by molar-refractivity contribution is 5.98. The zero-order chi connectivity index (χ0) is 11.5. The van der Waals surface area contributed by atoms with Gasteiger partial charge in [0.2, 0.25) is 5.91 Å². The third kappa shape index (κ3) is 1.86. The molecule has 0 spiro atoms. The number of esters is 1. The van der Waals surface area contributed by atoms with Crippen LogP contribution in [0.1, 0.15) is 6.42 Å². The number of hydrogen-bond donors (Lipinski definition) is 0. The van der Waals surface area contributed by atoms with Crippen LogP contribution < -0.4 is 4.90 Å². The van der Waals surface area contributed by atoms with Crippen LogP contribution in [0.3, 0.4) is 0 Å². The van der Waals surface area contributed by atoms with E-state index in [4.69, 9.17) is 0 Å². The largest absolute Gasteiger partial charge is 0.469 e. The Morgan fingerprint density at radius 3 is 3.06 bits per heavy atom. The molecule has 6 heteroatoms. The maximum atomic E-state index is 11.7. The molecule has 0 radical (unpaired) electrons. The van der Waals surface area contributed by atoms with Crippen LogP contribution >= 0.6 is 0 Å². The van der Waals surface area contributed by atoms with Crippen molar-refractivity contribution in [2.24, 2.45) is 5.92 Å². The predicted molar refractivity (Wildman–Crippen MR) is 54.5 cm³/mol. The van der Waals surface area contributed by atoms with Crippen LogP contribution in [-0.2, 0) is 14.3 Å². The monoisotopic (exact) mass is 221 g/mol. The second-order valence-corrected chi connectivity index (χ2v) is 3.51. The molecular weight excluding hydrogens is 210 g/mol. The summed E-state index contributed by atoms with van der Waals surface area (Å²) < 4.78 is 4.61. The number of hydrogen-bond acceptors (Lipinski definition) is 5. The smallest absolute Gasteiger partial charge is 0.311 e.